The zero-order chi connectivity index (χ0) is 10.3. The Morgan fingerprint density at radius 2 is 2.15 bits per heavy atom. The van der Waals surface area contributed by atoms with Gasteiger partial charge in [-0.25, -0.2) is 0 Å². The minimum absolute atomic E-state index is 0.0347. The number of hydrogen-bond acceptors (Lipinski definition) is 3. The molecule has 0 radical (unpaired) electrons. The highest BCUT2D eigenvalue weighted by Crippen LogP contribution is 2.02. The summed E-state index contributed by atoms with van der Waals surface area (Å²) < 4.78 is 0. The second-order valence-electron chi connectivity index (χ2n) is 2.58. The summed E-state index contributed by atoms with van der Waals surface area (Å²) in [6.45, 7) is 0.938. The van der Waals surface area contributed by atoms with Crippen LogP contribution in [0.5, 0.6) is 0 Å². The van der Waals surface area contributed by atoms with Gasteiger partial charge in [-0.3, -0.25) is 9.59 Å². The second kappa shape index (κ2) is 6.85. The molecule has 13 heavy (non-hydrogen) atoms. The number of amides is 1. The molecule has 1 amide bonds. The molecule has 1 aliphatic heterocycles. The van der Waals surface area contributed by atoms with Crippen molar-refractivity contribution in [2.24, 2.45) is 5.73 Å². The molecule has 1 heterocycles. The summed E-state index contributed by atoms with van der Waals surface area (Å²) in [6.07, 6.45) is 1.99. The van der Waals surface area contributed by atoms with Crippen molar-refractivity contribution in [3.05, 3.63) is 0 Å². The van der Waals surface area contributed by atoms with Crippen LogP contribution in [0.2, 0.25) is 0 Å². The summed E-state index contributed by atoms with van der Waals surface area (Å²) in [5.74, 6) is -1.05. The van der Waals surface area contributed by atoms with E-state index in [1.165, 1.54) is 0 Å². The van der Waals surface area contributed by atoms with Gasteiger partial charge in [0.25, 0.3) is 0 Å². The van der Waals surface area contributed by atoms with Gasteiger partial charge in [0, 0.05) is 0 Å². The third-order valence-corrected chi connectivity index (χ3v) is 2.00. The SMILES string of the molecule is NC(=O)[C@@H]1CCCN1.O=C(O)CBr. The smallest absolute Gasteiger partial charge is 0.314 e. The fraction of sp³-hybridized carbons (Fsp3) is 0.714. The Bertz CT molecular complexity index is 181. The molecule has 4 N–H and O–H groups in total. The van der Waals surface area contributed by atoms with Crippen molar-refractivity contribution in [1.82, 2.24) is 5.32 Å². The van der Waals surface area contributed by atoms with Gasteiger partial charge in [-0.05, 0) is 19.4 Å². The lowest BCUT2D eigenvalue weighted by Gasteiger charge is -2.01. The zero-order valence-corrected chi connectivity index (χ0v) is 8.71. The molecule has 1 atom stereocenters. The van der Waals surface area contributed by atoms with Crippen molar-refractivity contribution >= 4 is 27.8 Å². The van der Waals surface area contributed by atoms with E-state index in [4.69, 9.17) is 10.8 Å². The number of carbonyl (C=O) groups excluding carboxylic acids is 1. The predicted molar refractivity (Wildman–Crippen MR) is 51.6 cm³/mol. The predicted octanol–water partition coefficient (Wildman–Crippen LogP) is -0.310. The van der Waals surface area contributed by atoms with Crippen molar-refractivity contribution in [3.63, 3.8) is 0 Å². The molecule has 6 heteroatoms. The Hall–Kier alpha value is -0.620. The highest BCUT2D eigenvalue weighted by atomic mass is 79.9. The normalized spacial score (nSPS) is 20.2. The van der Waals surface area contributed by atoms with Gasteiger partial charge in [-0.1, -0.05) is 15.9 Å². The van der Waals surface area contributed by atoms with Crippen LogP contribution in [0.15, 0.2) is 0 Å². The summed E-state index contributed by atoms with van der Waals surface area (Å²) in [6, 6.07) is -0.0463. The van der Waals surface area contributed by atoms with Gasteiger partial charge in [0.15, 0.2) is 0 Å². The average Bonchev–Trinajstić information content (AvgIpc) is 2.57. The fourth-order valence-electron chi connectivity index (χ4n) is 0.927. The van der Waals surface area contributed by atoms with Crippen LogP contribution < -0.4 is 11.1 Å². The van der Waals surface area contributed by atoms with Crippen LogP contribution in [-0.2, 0) is 9.59 Å². The first-order valence-corrected chi connectivity index (χ1v) is 5.00. The first-order chi connectivity index (χ1) is 6.07. The highest BCUT2D eigenvalue weighted by Gasteiger charge is 2.18. The van der Waals surface area contributed by atoms with Gasteiger partial charge in [0.1, 0.15) is 5.33 Å². The van der Waals surface area contributed by atoms with Crippen LogP contribution in [0.4, 0.5) is 0 Å². The number of carboxylic acid groups (broad SMARTS) is 1. The maximum Gasteiger partial charge on any atom is 0.314 e. The van der Waals surface area contributed by atoms with E-state index in [1.807, 2.05) is 0 Å². The first kappa shape index (κ1) is 12.4. The van der Waals surface area contributed by atoms with Crippen LogP contribution in [0.1, 0.15) is 12.8 Å². The Balaban J connectivity index is 0.000000252. The van der Waals surface area contributed by atoms with Crippen LogP contribution in [0.25, 0.3) is 0 Å². The minimum Gasteiger partial charge on any atom is -0.481 e. The summed E-state index contributed by atoms with van der Waals surface area (Å²) in [4.78, 5) is 19.7. The summed E-state index contributed by atoms with van der Waals surface area (Å²) in [5.41, 5.74) is 5.00. The van der Waals surface area contributed by atoms with Gasteiger partial charge in [-0.15, -0.1) is 0 Å². The molecule has 1 saturated heterocycles. The van der Waals surface area contributed by atoms with Crippen LogP contribution in [0, 0.1) is 0 Å². The fourth-order valence-corrected chi connectivity index (χ4v) is 0.927. The van der Waals surface area contributed by atoms with E-state index in [-0.39, 0.29) is 17.3 Å². The number of carbonyl (C=O) groups is 2. The van der Waals surface area contributed by atoms with Gasteiger partial charge in [-0.2, -0.15) is 0 Å². The maximum atomic E-state index is 10.4. The molecule has 76 valence electrons. The summed E-state index contributed by atoms with van der Waals surface area (Å²) in [5, 5.41) is 10.7. The van der Waals surface area contributed by atoms with E-state index in [2.05, 4.69) is 21.2 Å². The topological polar surface area (TPSA) is 92.4 Å². The van der Waals surface area contributed by atoms with E-state index in [9.17, 15) is 9.59 Å². The number of halogens is 1. The van der Waals surface area contributed by atoms with E-state index >= 15 is 0 Å². The van der Waals surface area contributed by atoms with E-state index < -0.39 is 5.97 Å². The van der Waals surface area contributed by atoms with Gasteiger partial charge in [0.2, 0.25) is 5.91 Å². The number of primary amides is 1. The molecule has 0 aromatic carbocycles. The Kier molecular flexibility index (Phi) is 6.52. The number of nitrogens with one attached hydrogen (secondary N) is 1. The lowest BCUT2D eigenvalue weighted by molar-refractivity contribution is -0.133. The summed E-state index contributed by atoms with van der Waals surface area (Å²) >= 11 is 2.71. The second-order valence-corrected chi connectivity index (χ2v) is 3.14. The van der Waals surface area contributed by atoms with Crippen molar-refractivity contribution < 1.29 is 14.7 Å². The average molecular weight is 253 g/mol. The number of carboxylic acids is 1. The van der Waals surface area contributed by atoms with E-state index in [0.717, 1.165) is 19.4 Å². The molecule has 1 aliphatic rings. The molecule has 0 spiro atoms. The monoisotopic (exact) mass is 252 g/mol. The minimum atomic E-state index is -0.829. The Morgan fingerprint density at radius 3 is 2.31 bits per heavy atom. The highest BCUT2D eigenvalue weighted by molar-refractivity contribution is 9.09. The molecular formula is C7H13BrN2O3. The van der Waals surface area contributed by atoms with Crippen molar-refractivity contribution in [2.45, 2.75) is 18.9 Å². The lowest BCUT2D eigenvalue weighted by atomic mass is 10.2. The standard InChI is InChI=1S/C5H10N2O.C2H3BrO2/c6-5(8)4-2-1-3-7-4;3-1-2(4)5/h4,7H,1-3H2,(H2,6,8);1H2,(H,4,5)/t4-;/m0./s1. The van der Waals surface area contributed by atoms with Crippen LogP contribution in [0.3, 0.4) is 0 Å². The number of nitrogens with two attached hydrogens (primary N) is 1. The molecule has 5 nitrogen and oxygen atoms in total. The number of hydrogen-bond donors (Lipinski definition) is 3. The van der Waals surface area contributed by atoms with Crippen molar-refractivity contribution in [2.75, 3.05) is 11.9 Å². The molecule has 0 aromatic rings. The number of aliphatic carboxylic acids is 1. The molecule has 1 rings (SSSR count). The third kappa shape index (κ3) is 6.53. The lowest BCUT2D eigenvalue weighted by Crippen LogP contribution is -2.36. The quantitative estimate of drug-likeness (QED) is 0.588. The Morgan fingerprint density at radius 1 is 1.62 bits per heavy atom. The Labute approximate surface area is 84.8 Å². The number of alkyl halides is 1. The van der Waals surface area contributed by atoms with Crippen molar-refractivity contribution in [3.8, 4) is 0 Å². The first-order valence-electron chi connectivity index (χ1n) is 3.88. The molecule has 0 saturated carbocycles. The number of rotatable bonds is 2. The zero-order valence-electron chi connectivity index (χ0n) is 7.12. The van der Waals surface area contributed by atoms with Crippen LogP contribution >= 0.6 is 15.9 Å². The van der Waals surface area contributed by atoms with Crippen molar-refractivity contribution in [1.29, 1.82) is 0 Å². The molecule has 0 bridgehead atoms. The molecule has 0 aliphatic carbocycles. The van der Waals surface area contributed by atoms with Gasteiger partial charge in [0.05, 0.1) is 6.04 Å². The largest absolute Gasteiger partial charge is 0.481 e. The maximum absolute atomic E-state index is 10.4. The third-order valence-electron chi connectivity index (χ3n) is 1.52. The van der Waals surface area contributed by atoms with Gasteiger partial charge < -0.3 is 16.2 Å². The molecular weight excluding hydrogens is 240 g/mol. The van der Waals surface area contributed by atoms with Crippen LogP contribution in [-0.4, -0.2) is 34.9 Å². The summed E-state index contributed by atoms with van der Waals surface area (Å²) in [7, 11) is 0. The van der Waals surface area contributed by atoms with E-state index in [0.29, 0.717) is 0 Å². The van der Waals surface area contributed by atoms with E-state index in [1.54, 1.807) is 0 Å². The van der Waals surface area contributed by atoms with Gasteiger partial charge >= 0.3 is 5.97 Å². The molecule has 0 aromatic heterocycles. The molecule has 1 fully saturated rings. The molecule has 0 unspecified atom stereocenters.